The molecule has 0 bridgehead atoms. The molecule has 2 heterocycles. The monoisotopic (exact) mass is 255 g/mol. The van der Waals surface area contributed by atoms with Crippen LogP contribution in [0.5, 0.6) is 0 Å². The average Bonchev–Trinajstić information content (AvgIpc) is 2.69. The summed E-state index contributed by atoms with van der Waals surface area (Å²) in [6.07, 6.45) is 0. The van der Waals surface area contributed by atoms with Crippen LogP contribution in [0.25, 0.3) is 5.00 Å². The maximum absolute atomic E-state index is 11.4. The Morgan fingerprint density at radius 3 is 2.24 bits per heavy atom. The van der Waals surface area contributed by atoms with Gasteiger partial charge >= 0.3 is 17.3 Å². The second-order valence-electron chi connectivity index (χ2n) is 3.46. The lowest BCUT2D eigenvalue weighted by Crippen LogP contribution is -2.25. The number of nitrogens with one attached hydrogen (secondary N) is 2. The van der Waals surface area contributed by atoms with Crippen molar-refractivity contribution in [1.82, 2.24) is 14.8 Å². The molecule has 3 N–H and O–H groups in total. The topological polar surface area (TPSA) is 108 Å². The second kappa shape index (κ2) is 3.74. The van der Waals surface area contributed by atoms with Gasteiger partial charge in [0, 0.05) is 4.88 Å². The first kappa shape index (κ1) is 11.4. The third-order valence-electron chi connectivity index (χ3n) is 2.47. The fraction of sp³-hybridized carbons (Fsp3) is 0.222. The molecule has 0 amide bonds. The van der Waals surface area contributed by atoms with Gasteiger partial charge in [-0.05, 0) is 19.4 Å². The fourth-order valence-electron chi connectivity index (χ4n) is 1.51. The van der Waals surface area contributed by atoms with Gasteiger partial charge in [-0.3, -0.25) is 0 Å². The molecule has 8 heteroatoms. The van der Waals surface area contributed by atoms with Crippen LogP contribution in [0, 0.1) is 13.8 Å². The summed E-state index contributed by atoms with van der Waals surface area (Å²) in [6, 6.07) is 0. The zero-order valence-electron chi connectivity index (χ0n) is 9.03. The SMILES string of the molecule is Cc1sc(-n2c(=O)[nH][nH]c2=O)c(C(=O)O)c1C. The minimum absolute atomic E-state index is 0.0142. The Hall–Kier alpha value is -2.09. The first-order valence-electron chi connectivity index (χ1n) is 4.67. The summed E-state index contributed by atoms with van der Waals surface area (Å²) in [6.45, 7) is 3.38. The summed E-state index contributed by atoms with van der Waals surface area (Å²) in [5.41, 5.74) is -0.817. The number of nitrogens with zero attached hydrogens (tertiary/aromatic N) is 1. The highest BCUT2D eigenvalue weighted by atomic mass is 32.1. The highest BCUT2D eigenvalue weighted by Gasteiger charge is 2.22. The summed E-state index contributed by atoms with van der Waals surface area (Å²) in [5, 5.41) is 13.5. The number of carboxylic acid groups (broad SMARTS) is 1. The van der Waals surface area contributed by atoms with Crippen molar-refractivity contribution in [3.05, 3.63) is 37.0 Å². The number of aromatic amines is 2. The van der Waals surface area contributed by atoms with E-state index >= 15 is 0 Å². The van der Waals surface area contributed by atoms with Crippen LogP contribution in [0.1, 0.15) is 20.8 Å². The van der Waals surface area contributed by atoms with E-state index in [-0.39, 0.29) is 10.6 Å². The summed E-state index contributed by atoms with van der Waals surface area (Å²) in [5.74, 6) is -1.16. The zero-order valence-corrected chi connectivity index (χ0v) is 9.84. The second-order valence-corrected chi connectivity index (χ2v) is 4.67. The molecule has 0 saturated carbocycles. The highest BCUT2D eigenvalue weighted by Crippen LogP contribution is 2.29. The molecule has 90 valence electrons. The first-order chi connectivity index (χ1) is 7.93. The molecule has 0 fully saturated rings. The van der Waals surface area contributed by atoms with Crippen LogP contribution in [0.2, 0.25) is 0 Å². The van der Waals surface area contributed by atoms with Crippen LogP contribution in [0.4, 0.5) is 0 Å². The van der Waals surface area contributed by atoms with Gasteiger partial charge in [0.05, 0.1) is 5.56 Å². The number of carboxylic acids is 1. The Labute approximate surface area is 98.3 Å². The lowest BCUT2D eigenvalue weighted by Gasteiger charge is -1.98. The number of H-pyrrole nitrogens is 2. The van der Waals surface area contributed by atoms with Gasteiger partial charge in [0.15, 0.2) is 0 Å². The van der Waals surface area contributed by atoms with E-state index < -0.39 is 17.3 Å². The number of hydrogen-bond acceptors (Lipinski definition) is 4. The lowest BCUT2D eigenvalue weighted by molar-refractivity contribution is 0.0696. The molecule has 0 unspecified atom stereocenters. The number of thiophene rings is 1. The van der Waals surface area contributed by atoms with Crippen molar-refractivity contribution in [2.45, 2.75) is 13.8 Å². The van der Waals surface area contributed by atoms with Crippen molar-refractivity contribution in [2.75, 3.05) is 0 Å². The predicted molar refractivity (Wildman–Crippen MR) is 61.3 cm³/mol. The molecule has 0 atom stereocenters. The normalized spacial score (nSPS) is 10.7. The van der Waals surface area contributed by atoms with Gasteiger partial charge in [0.25, 0.3) is 0 Å². The van der Waals surface area contributed by atoms with Gasteiger partial charge < -0.3 is 5.11 Å². The molecule has 0 spiro atoms. The van der Waals surface area contributed by atoms with Crippen molar-refractivity contribution in [3.8, 4) is 5.00 Å². The van der Waals surface area contributed by atoms with E-state index in [1.165, 1.54) is 0 Å². The van der Waals surface area contributed by atoms with E-state index in [0.29, 0.717) is 5.56 Å². The summed E-state index contributed by atoms with van der Waals surface area (Å²) in [4.78, 5) is 34.7. The van der Waals surface area contributed by atoms with E-state index in [1.54, 1.807) is 13.8 Å². The van der Waals surface area contributed by atoms with Crippen molar-refractivity contribution in [3.63, 3.8) is 0 Å². The van der Waals surface area contributed by atoms with Gasteiger partial charge in [-0.15, -0.1) is 11.3 Å². The molecule has 0 aliphatic rings. The third kappa shape index (κ3) is 1.62. The molecule has 2 rings (SSSR count). The maximum atomic E-state index is 11.4. The summed E-state index contributed by atoms with van der Waals surface area (Å²) in [7, 11) is 0. The Balaban J connectivity index is 2.86. The largest absolute Gasteiger partial charge is 0.478 e. The van der Waals surface area contributed by atoms with Gasteiger partial charge in [-0.2, -0.15) is 0 Å². The minimum atomic E-state index is -1.16. The Morgan fingerprint density at radius 1 is 1.24 bits per heavy atom. The van der Waals surface area contributed by atoms with Gasteiger partial charge in [-0.1, -0.05) is 0 Å². The van der Waals surface area contributed by atoms with E-state index in [0.717, 1.165) is 20.8 Å². The van der Waals surface area contributed by atoms with Crippen molar-refractivity contribution in [2.24, 2.45) is 0 Å². The van der Waals surface area contributed by atoms with E-state index in [1.807, 2.05) is 0 Å². The van der Waals surface area contributed by atoms with Crippen LogP contribution in [0.15, 0.2) is 9.59 Å². The molecule has 0 aliphatic heterocycles. The quantitative estimate of drug-likeness (QED) is 0.713. The van der Waals surface area contributed by atoms with Gasteiger partial charge in [0.1, 0.15) is 5.00 Å². The molecule has 0 radical (unpaired) electrons. The first-order valence-corrected chi connectivity index (χ1v) is 5.48. The van der Waals surface area contributed by atoms with E-state index in [4.69, 9.17) is 5.11 Å². The Morgan fingerprint density at radius 2 is 1.76 bits per heavy atom. The molecular formula is C9H9N3O4S. The van der Waals surface area contributed by atoms with Crippen LogP contribution < -0.4 is 11.4 Å². The molecule has 0 aliphatic carbocycles. The van der Waals surface area contributed by atoms with Crippen molar-refractivity contribution >= 4 is 17.3 Å². The molecule has 2 aromatic heterocycles. The smallest absolute Gasteiger partial charge is 0.349 e. The number of aryl methyl sites for hydroxylation is 1. The number of aromatic carboxylic acids is 1. The molecule has 0 saturated heterocycles. The molecular weight excluding hydrogens is 246 g/mol. The van der Waals surface area contributed by atoms with Crippen molar-refractivity contribution in [1.29, 1.82) is 0 Å². The Bertz CT molecular complexity index is 675. The standard InChI is InChI=1S/C9H9N3O4S/c1-3-4(2)17-6(5(3)7(13)14)12-8(15)10-11-9(12)16/h1-2H3,(H,10,15)(H,11,16)(H,13,14). The number of rotatable bonds is 2. The maximum Gasteiger partial charge on any atom is 0.349 e. The van der Waals surface area contributed by atoms with E-state index in [2.05, 4.69) is 10.2 Å². The predicted octanol–water partition coefficient (Wildman–Crippen LogP) is 0.230. The van der Waals surface area contributed by atoms with Crippen molar-refractivity contribution < 1.29 is 9.90 Å². The fourth-order valence-corrected chi connectivity index (χ4v) is 2.66. The van der Waals surface area contributed by atoms with Gasteiger partial charge in [-0.25, -0.2) is 29.1 Å². The average molecular weight is 255 g/mol. The molecule has 0 aromatic carbocycles. The highest BCUT2D eigenvalue weighted by molar-refractivity contribution is 7.15. The lowest BCUT2D eigenvalue weighted by atomic mass is 10.1. The van der Waals surface area contributed by atoms with Crippen LogP contribution in [-0.2, 0) is 0 Å². The van der Waals surface area contributed by atoms with E-state index in [9.17, 15) is 14.4 Å². The van der Waals surface area contributed by atoms with Crippen LogP contribution >= 0.6 is 11.3 Å². The number of hydrogen-bond donors (Lipinski definition) is 3. The van der Waals surface area contributed by atoms with Crippen LogP contribution in [-0.4, -0.2) is 25.8 Å². The molecule has 7 nitrogen and oxygen atoms in total. The molecule has 17 heavy (non-hydrogen) atoms. The molecule has 2 aromatic rings. The summed E-state index contributed by atoms with van der Waals surface area (Å²) < 4.78 is 0.786. The van der Waals surface area contributed by atoms with Crippen LogP contribution in [0.3, 0.4) is 0 Å². The minimum Gasteiger partial charge on any atom is -0.478 e. The Kier molecular flexibility index (Phi) is 2.50. The summed E-state index contributed by atoms with van der Waals surface area (Å²) >= 11 is 1.10. The van der Waals surface area contributed by atoms with Gasteiger partial charge in [0.2, 0.25) is 0 Å². The zero-order chi connectivity index (χ0) is 12.7. The number of aromatic nitrogens is 3. The third-order valence-corrected chi connectivity index (χ3v) is 3.66. The number of carbonyl (C=O) groups is 1.